The Labute approximate surface area is 67.3 Å². The summed E-state index contributed by atoms with van der Waals surface area (Å²) in [7, 11) is 0. The van der Waals surface area contributed by atoms with Gasteiger partial charge in [0.15, 0.2) is 0 Å². The highest BCUT2D eigenvalue weighted by atomic mass is 16.5. The second-order valence-electron chi connectivity index (χ2n) is 2.78. The van der Waals surface area contributed by atoms with Crippen LogP contribution in [0.15, 0.2) is 0 Å². The highest BCUT2D eigenvalue weighted by Crippen LogP contribution is 2.04. The number of rotatable bonds is 3. The average Bonchev–Trinajstić information content (AvgIpc) is 2.07. The molecule has 0 aliphatic carbocycles. The molecule has 11 heavy (non-hydrogen) atoms. The molecule has 1 saturated heterocycles. The predicted molar refractivity (Wildman–Crippen MR) is 42.1 cm³/mol. The summed E-state index contributed by atoms with van der Waals surface area (Å²) in [5.41, 5.74) is 0. The van der Waals surface area contributed by atoms with Gasteiger partial charge in [-0.05, 0) is 12.8 Å². The monoisotopic (exact) mass is 154 g/mol. The van der Waals surface area contributed by atoms with Gasteiger partial charge < -0.3 is 10.1 Å². The molecule has 1 aliphatic rings. The molecule has 0 spiro atoms. The lowest BCUT2D eigenvalue weighted by Gasteiger charge is -2.22. The lowest BCUT2D eigenvalue weighted by atomic mass is 10.1. The Morgan fingerprint density at radius 3 is 3.18 bits per heavy atom. The highest BCUT2D eigenvalue weighted by Gasteiger charge is 2.11. The van der Waals surface area contributed by atoms with Crippen LogP contribution in [-0.2, 0) is 4.74 Å². The van der Waals surface area contributed by atoms with Crippen LogP contribution in [0, 0.1) is 11.3 Å². The van der Waals surface area contributed by atoms with Crippen molar-refractivity contribution >= 4 is 0 Å². The largest absolute Gasteiger partial charge is 0.380 e. The van der Waals surface area contributed by atoms with Gasteiger partial charge in [0.1, 0.15) is 0 Å². The Morgan fingerprint density at radius 2 is 2.55 bits per heavy atom. The summed E-state index contributed by atoms with van der Waals surface area (Å²) in [6.45, 7) is 2.51. The first-order chi connectivity index (χ1) is 5.43. The van der Waals surface area contributed by atoms with Crippen molar-refractivity contribution in [2.75, 3.05) is 19.8 Å². The number of nitrogens with one attached hydrogen (secondary N) is 1. The van der Waals surface area contributed by atoms with Gasteiger partial charge in [-0.1, -0.05) is 0 Å². The third kappa shape index (κ3) is 3.35. The van der Waals surface area contributed by atoms with Gasteiger partial charge in [-0.25, -0.2) is 0 Å². The van der Waals surface area contributed by atoms with Crippen molar-refractivity contribution in [3.63, 3.8) is 0 Å². The molecule has 0 bridgehead atoms. The molecule has 1 unspecified atom stereocenters. The maximum absolute atomic E-state index is 8.27. The zero-order chi connectivity index (χ0) is 7.94. The molecule has 0 aromatic carbocycles. The van der Waals surface area contributed by atoms with Crippen LogP contribution < -0.4 is 5.32 Å². The summed E-state index contributed by atoms with van der Waals surface area (Å²) in [5, 5.41) is 11.5. The van der Waals surface area contributed by atoms with Crippen molar-refractivity contribution in [3.8, 4) is 6.07 Å². The number of nitriles is 1. The lowest BCUT2D eigenvalue weighted by molar-refractivity contribution is 0.0708. The standard InChI is InChI=1S/C8H14N2O/c9-4-2-5-10-8-3-1-6-11-7-8/h8,10H,1-3,5-7H2. The van der Waals surface area contributed by atoms with Gasteiger partial charge in [0.05, 0.1) is 12.7 Å². The number of ether oxygens (including phenoxy) is 1. The molecule has 0 amide bonds. The van der Waals surface area contributed by atoms with Gasteiger partial charge in [0, 0.05) is 25.6 Å². The molecule has 1 N–H and O–H groups in total. The molecule has 1 rings (SSSR count). The maximum Gasteiger partial charge on any atom is 0.0635 e. The van der Waals surface area contributed by atoms with E-state index in [9.17, 15) is 0 Å². The molecule has 0 aromatic rings. The summed E-state index contributed by atoms with van der Waals surface area (Å²) in [4.78, 5) is 0. The Kier molecular flexibility index (Phi) is 3.95. The van der Waals surface area contributed by atoms with E-state index in [4.69, 9.17) is 10.00 Å². The molecule has 0 saturated carbocycles. The van der Waals surface area contributed by atoms with Crippen molar-refractivity contribution in [2.45, 2.75) is 25.3 Å². The second kappa shape index (κ2) is 5.11. The minimum Gasteiger partial charge on any atom is -0.380 e. The Bertz CT molecular complexity index is 136. The summed E-state index contributed by atoms with van der Waals surface area (Å²) in [5.74, 6) is 0. The minimum absolute atomic E-state index is 0.483. The molecule has 62 valence electrons. The van der Waals surface area contributed by atoms with E-state index in [2.05, 4.69) is 11.4 Å². The lowest BCUT2D eigenvalue weighted by Crippen LogP contribution is -2.37. The van der Waals surface area contributed by atoms with E-state index in [0.29, 0.717) is 12.5 Å². The zero-order valence-corrected chi connectivity index (χ0v) is 6.68. The van der Waals surface area contributed by atoms with Crippen LogP contribution in [0.25, 0.3) is 0 Å². The van der Waals surface area contributed by atoms with Crippen molar-refractivity contribution in [3.05, 3.63) is 0 Å². The number of nitrogens with zero attached hydrogens (tertiary/aromatic N) is 1. The Morgan fingerprint density at radius 1 is 1.64 bits per heavy atom. The molecule has 0 radical (unpaired) electrons. The fourth-order valence-corrected chi connectivity index (χ4v) is 1.23. The van der Waals surface area contributed by atoms with E-state index in [1.165, 1.54) is 6.42 Å². The molecule has 1 fully saturated rings. The Hall–Kier alpha value is -0.590. The van der Waals surface area contributed by atoms with Gasteiger partial charge in [-0.2, -0.15) is 5.26 Å². The van der Waals surface area contributed by atoms with Crippen molar-refractivity contribution in [2.24, 2.45) is 0 Å². The van der Waals surface area contributed by atoms with Crippen LogP contribution in [0.4, 0.5) is 0 Å². The van der Waals surface area contributed by atoms with Crippen molar-refractivity contribution in [1.29, 1.82) is 5.26 Å². The van der Waals surface area contributed by atoms with Crippen LogP contribution in [-0.4, -0.2) is 25.8 Å². The average molecular weight is 154 g/mol. The highest BCUT2D eigenvalue weighted by molar-refractivity contribution is 4.75. The van der Waals surface area contributed by atoms with Crippen LogP contribution in [0.2, 0.25) is 0 Å². The summed E-state index contributed by atoms with van der Waals surface area (Å²) in [6, 6.07) is 2.59. The first-order valence-corrected chi connectivity index (χ1v) is 4.11. The molecule has 1 aliphatic heterocycles. The van der Waals surface area contributed by atoms with Gasteiger partial charge >= 0.3 is 0 Å². The molecule has 3 heteroatoms. The van der Waals surface area contributed by atoms with E-state index in [-0.39, 0.29) is 0 Å². The third-order valence-corrected chi connectivity index (χ3v) is 1.83. The van der Waals surface area contributed by atoms with Gasteiger partial charge in [0.2, 0.25) is 0 Å². The summed E-state index contributed by atoms with van der Waals surface area (Å²) in [6.07, 6.45) is 2.92. The SMILES string of the molecule is N#CCCNC1CCCOC1. The van der Waals surface area contributed by atoms with Crippen LogP contribution in [0.5, 0.6) is 0 Å². The van der Waals surface area contributed by atoms with E-state index < -0.39 is 0 Å². The number of hydrogen-bond donors (Lipinski definition) is 1. The third-order valence-electron chi connectivity index (χ3n) is 1.83. The number of hydrogen-bond acceptors (Lipinski definition) is 3. The van der Waals surface area contributed by atoms with Gasteiger partial charge in [0.25, 0.3) is 0 Å². The zero-order valence-electron chi connectivity index (χ0n) is 6.68. The fourth-order valence-electron chi connectivity index (χ4n) is 1.23. The molecular weight excluding hydrogens is 140 g/mol. The second-order valence-corrected chi connectivity index (χ2v) is 2.78. The van der Waals surface area contributed by atoms with E-state index in [1.807, 2.05) is 0 Å². The first-order valence-electron chi connectivity index (χ1n) is 4.11. The van der Waals surface area contributed by atoms with E-state index >= 15 is 0 Å². The van der Waals surface area contributed by atoms with E-state index in [1.54, 1.807) is 0 Å². The van der Waals surface area contributed by atoms with Crippen molar-refractivity contribution < 1.29 is 4.74 Å². The van der Waals surface area contributed by atoms with Gasteiger partial charge in [-0.15, -0.1) is 0 Å². The van der Waals surface area contributed by atoms with Crippen LogP contribution >= 0.6 is 0 Å². The summed E-state index contributed by atoms with van der Waals surface area (Å²) >= 11 is 0. The smallest absolute Gasteiger partial charge is 0.0635 e. The Balaban J connectivity index is 2.01. The molecule has 0 aromatic heterocycles. The van der Waals surface area contributed by atoms with E-state index in [0.717, 1.165) is 26.2 Å². The topological polar surface area (TPSA) is 45.0 Å². The predicted octanol–water partition coefficient (Wildman–Crippen LogP) is 0.669. The molecule has 3 nitrogen and oxygen atoms in total. The van der Waals surface area contributed by atoms with Crippen LogP contribution in [0.3, 0.4) is 0 Å². The quantitative estimate of drug-likeness (QED) is 0.608. The van der Waals surface area contributed by atoms with Crippen molar-refractivity contribution in [1.82, 2.24) is 5.32 Å². The first kappa shape index (κ1) is 8.51. The molecule has 1 atom stereocenters. The fraction of sp³-hybridized carbons (Fsp3) is 0.875. The van der Waals surface area contributed by atoms with Crippen LogP contribution in [0.1, 0.15) is 19.3 Å². The summed E-state index contributed by atoms with van der Waals surface area (Å²) < 4.78 is 5.27. The van der Waals surface area contributed by atoms with Gasteiger partial charge in [-0.3, -0.25) is 0 Å². The minimum atomic E-state index is 0.483. The molecule has 1 heterocycles. The maximum atomic E-state index is 8.27. The molecular formula is C8H14N2O. The normalized spacial score (nSPS) is 24.5.